The zero-order valence-electron chi connectivity index (χ0n) is 15.5. The van der Waals surface area contributed by atoms with Gasteiger partial charge in [0.25, 0.3) is 0 Å². The first-order valence-electron chi connectivity index (χ1n) is 9.54. The van der Waals surface area contributed by atoms with Crippen molar-refractivity contribution in [1.82, 2.24) is 14.7 Å². The Morgan fingerprint density at radius 2 is 1.64 bits per heavy atom. The number of aliphatic hydroxyl groups is 1. The van der Waals surface area contributed by atoms with E-state index in [1.54, 1.807) is 0 Å². The van der Waals surface area contributed by atoms with Gasteiger partial charge in [-0.05, 0) is 32.3 Å². The lowest BCUT2D eigenvalue weighted by Crippen LogP contribution is -2.54. The van der Waals surface area contributed by atoms with Gasteiger partial charge in [0.15, 0.2) is 0 Å². The average Bonchev–Trinajstić information content (AvgIpc) is 3.16. The zero-order chi connectivity index (χ0) is 17.8. The SMILES string of the molecule is Cc1ccc(C(O)CN2CCN(C(C)C(=O)N3CCCC3)CC2)cc1. The highest BCUT2D eigenvalue weighted by Crippen LogP contribution is 2.18. The van der Waals surface area contributed by atoms with Crippen molar-refractivity contribution in [2.45, 2.75) is 38.8 Å². The molecule has 25 heavy (non-hydrogen) atoms. The number of nitrogens with zero attached hydrogens (tertiary/aromatic N) is 3. The fraction of sp³-hybridized carbons (Fsp3) is 0.650. The molecule has 1 N–H and O–H groups in total. The van der Waals surface area contributed by atoms with Crippen molar-refractivity contribution >= 4 is 5.91 Å². The van der Waals surface area contributed by atoms with Crippen LogP contribution in [0.5, 0.6) is 0 Å². The third-order valence-electron chi connectivity index (χ3n) is 5.62. The van der Waals surface area contributed by atoms with Crippen LogP contribution in [0.2, 0.25) is 0 Å². The number of aryl methyl sites for hydroxylation is 1. The van der Waals surface area contributed by atoms with E-state index in [4.69, 9.17) is 0 Å². The molecule has 1 aromatic carbocycles. The molecule has 2 fully saturated rings. The second-order valence-corrected chi connectivity index (χ2v) is 7.47. The molecule has 5 heteroatoms. The molecule has 2 saturated heterocycles. The van der Waals surface area contributed by atoms with Crippen molar-refractivity contribution in [3.63, 3.8) is 0 Å². The first-order chi connectivity index (χ1) is 12.0. The topological polar surface area (TPSA) is 47.0 Å². The first kappa shape index (κ1) is 18.4. The molecular weight excluding hydrogens is 314 g/mol. The summed E-state index contributed by atoms with van der Waals surface area (Å²) in [6, 6.07) is 8.08. The molecule has 0 radical (unpaired) electrons. The van der Waals surface area contributed by atoms with Gasteiger partial charge < -0.3 is 10.0 Å². The Morgan fingerprint density at radius 3 is 2.24 bits per heavy atom. The molecule has 2 unspecified atom stereocenters. The molecule has 5 nitrogen and oxygen atoms in total. The second-order valence-electron chi connectivity index (χ2n) is 7.47. The minimum Gasteiger partial charge on any atom is -0.387 e. The summed E-state index contributed by atoms with van der Waals surface area (Å²) in [6.07, 6.45) is 1.84. The Balaban J connectivity index is 1.46. The number of aliphatic hydroxyl groups excluding tert-OH is 1. The van der Waals surface area contributed by atoms with Gasteiger partial charge in [0.05, 0.1) is 12.1 Å². The highest BCUT2D eigenvalue weighted by Gasteiger charge is 2.30. The molecule has 1 aromatic rings. The average molecular weight is 345 g/mol. The van der Waals surface area contributed by atoms with E-state index >= 15 is 0 Å². The van der Waals surface area contributed by atoms with Gasteiger partial charge in [0.2, 0.25) is 5.91 Å². The molecule has 1 amide bonds. The van der Waals surface area contributed by atoms with Crippen molar-refractivity contribution in [3.05, 3.63) is 35.4 Å². The Bertz CT molecular complexity index is 561. The van der Waals surface area contributed by atoms with Crippen LogP contribution in [0.15, 0.2) is 24.3 Å². The van der Waals surface area contributed by atoms with E-state index in [1.807, 2.05) is 36.1 Å². The van der Waals surface area contributed by atoms with E-state index in [2.05, 4.69) is 16.7 Å². The third-order valence-corrected chi connectivity index (χ3v) is 5.62. The molecule has 0 aromatic heterocycles. The predicted octanol–water partition coefficient (Wildman–Crippen LogP) is 1.66. The van der Waals surface area contributed by atoms with Crippen molar-refractivity contribution in [2.24, 2.45) is 0 Å². The maximum Gasteiger partial charge on any atom is 0.239 e. The molecule has 2 heterocycles. The van der Waals surface area contributed by atoms with Crippen LogP contribution in [0.25, 0.3) is 0 Å². The first-order valence-corrected chi connectivity index (χ1v) is 9.54. The molecule has 0 bridgehead atoms. The molecule has 3 rings (SSSR count). The Hall–Kier alpha value is -1.43. The van der Waals surface area contributed by atoms with Gasteiger partial charge in [0, 0.05) is 45.8 Å². The number of hydrogen-bond donors (Lipinski definition) is 1. The van der Waals surface area contributed by atoms with E-state index < -0.39 is 6.10 Å². The van der Waals surface area contributed by atoms with Gasteiger partial charge in [-0.2, -0.15) is 0 Å². The maximum atomic E-state index is 12.5. The Kier molecular flexibility index (Phi) is 6.10. The highest BCUT2D eigenvalue weighted by molar-refractivity contribution is 5.81. The summed E-state index contributed by atoms with van der Waals surface area (Å²) in [5.41, 5.74) is 2.19. The lowest BCUT2D eigenvalue weighted by Gasteiger charge is -2.39. The van der Waals surface area contributed by atoms with E-state index in [0.717, 1.165) is 57.7 Å². The number of likely N-dealkylation sites (tertiary alicyclic amines) is 1. The fourth-order valence-corrected chi connectivity index (χ4v) is 3.83. The van der Waals surface area contributed by atoms with Crippen LogP contribution in [0, 0.1) is 6.92 Å². The Morgan fingerprint density at radius 1 is 1.04 bits per heavy atom. The number of amides is 1. The van der Waals surface area contributed by atoms with Crippen molar-refractivity contribution in [1.29, 1.82) is 0 Å². The lowest BCUT2D eigenvalue weighted by molar-refractivity contribution is -0.136. The van der Waals surface area contributed by atoms with Crippen LogP contribution in [-0.2, 0) is 4.79 Å². The van der Waals surface area contributed by atoms with Crippen LogP contribution in [0.1, 0.15) is 37.0 Å². The van der Waals surface area contributed by atoms with Crippen molar-refractivity contribution in [3.8, 4) is 0 Å². The monoisotopic (exact) mass is 345 g/mol. The van der Waals surface area contributed by atoms with Gasteiger partial charge in [0.1, 0.15) is 0 Å². The van der Waals surface area contributed by atoms with Crippen LogP contribution in [-0.4, -0.2) is 77.6 Å². The highest BCUT2D eigenvalue weighted by atomic mass is 16.3. The summed E-state index contributed by atoms with van der Waals surface area (Å²) in [5, 5.41) is 10.5. The zero-order valence-corrected chi connectivity index (χ0v) is 15.5. The van der Waals surface area contributed by atoms with Gasteiger partial charge in [-0.15, -0.1) is 0 Å². The summed E-state index contributed by atoms with van der Waals surface area (Å²) in [6.45, 7) is 10.2. The minimum absolute atomic E-state index is 0.0257. The number of piperazine rings is 1. The molecular formula is C20H31N3O2. The predicted molar refractivity (Wildman–Crippen MR) is 99.4 cm³/mol. The fourth-order valence-electron chi connectivity index (χ4n) is 3.83. The number of β-amino-alcohol motifs (C(OH)–C–C–N with tert-alkyl or cyclic N) is 1. The second kappa shape index (κ2) is 8.30. The van der Waals surface area contributed by atoms with Crippen LogP contribution < -0.4 is 0 Å². The van der Waals surface area contributed by atoms with Gasteiger partial charge >= 0.3 is 0 Å². The number of hydrogen-bond acceptors (Lipinski definition) is 4. The van der Waals surface area contributed by atoms with Gasteiger partial charge in [-0.3, -0.25) is 14.6 Å². The normalized spacial score (nSPS) is 22.1. The number of benzene rings is 1. The number of rotatable bonds is 5. The summed E-state index contributed by atoms with van der Waals surface area (Å²) >= 11 is 0. The summed E-state index contributed by atoms with van der Waals surface area (Å²) in [7, 11) is 0. The van der Waals surface area contributed by atoms with E-state index in [1.165, 1.54) is 5.56 Å². The largest absolute Gasteiger partial charge is 0.387 e. The quantitative estimate of drug-likeness (QED) is 0.882. The molecule has 0 aliphatic carbocycles. The summed E-state index contributed by atoms with van der Waals surface area (Å²) in [4.78, 5) is 19.1. The lowest BCUT2D eigenvalue weighted by atomic mass is 10.1. The van der Waals surface area contributed by atoms with E-state index in [9.17, 15) is 9.90 Å². The Labute approximate surface area is 151 Å². The molecule has 2 aliphatic rings. The third kappa shape index (κ3) is 4.60. The van der Waals surface area contributed by atoms with E-state index in [-0.39, 0.29) is 11.9 Å². The molecule has 0 spiro atoms. The van der Waals surface area contributed by atoms with E-state index in [0.29, 0.717) is 6.54 Å². The van der Waals surface area contributed by atoms with Crippen LogP contribution in [0.4, 0.5) is 0 Å². The van der Waals surface area contributed by atoms with Gasteiger partial charge in [-0.1, -0.05) is 29.8 Å². The van der Waals surface area contributed by atoms with Crippen molar-refractivity contribution in [2.75, 3.05) is 45.8 Å². The molecule has 138 valence electrons. The van der Waals surface area contributed by atoms with Gasteiger partial charge in [-0.25, -0.2) is 0 Å². The smallest absolute Gasteiger partial charge is 0.239 e. The molecule has 2 atom stereocenters. The number of carbonyl (C=O) groups excluding carboxylic acids is 1. The molecule has 0 saturated carbocycles. The van der Waals surface area contributed by atoms with Crippen LogP contribution in [0.3, 0.4) is 0 Å². The van der Waals surface area contributed by atoms with Crippen molar-refractivity contribution < 1.29 is 9.90 Å². The minimum atomic E-state index is -0.448. The standard InChI is InChI=1S/C20H31N3O2/c1-16-5-7-18(8-6-16)19(24)15-21-11-13-22(14-12-21)17(2)20(25)23-9-3-4-10-23/h5-8,17,19,24H,3-4,9-15H2,1-2H3. The number of carbonyl (C=O) groups is 1. The summed E-state index contributed by atoms with van der Waals surface area (Å²) < 4.78 is 0. The molecule has 2 aliphatic heterocycles. The maximum absolute atomic E-state index is 12.5. The van der Waals surface area contributed by atoms with Crippen LogP contribution >= 0.6 is 0 Å². The summed E-state index contributed by atoms with van der Waals surface area (Å²) in [5.74, 6) is 0.283.